The number of pyridine rings is 1. The lowest BCUT2D eigenvalue weighted by atomic mass is 10.1. The van der Waals surface area contributed by atoms with E-state index in [0.717, 1.165) is 17.0 Å². The monoisotopic (exact) mass is 272 g/mol. The van der Waals surface area contributed by atoms with Gasteiger partial charge in [-0.2, -0.15) is 5.26 Å². The minimum atomic E-state index is 0.594. The normalized spacial score (nSPS) is 9.75. The van der Waals surface area contributed by atoms with Gasteiger partial charge in [0.2, 0.25) is 0 Å². The molecule has 0 atom stereocenters. The summed E-state index contributed by atoms with van der Waals surface area (Å²) in [6, 6.07) is 15.8. The Labute approximate surface area is 103 Å². The molecule has 0 aliphatic rings. The molecule has 1 heterocycles. The number of halogens is 1. The van der Waals surface area contributed by atoms with Gasteiger partial charge in [-0.1, -0.05) is 46.3 Å². The van der Waals surface area contributed by atoms with Crippen molar-refractivity contribution in [3.05, 3.63) is 53.7 Å². The second-order valence-electron chi connectivity index (χ2n) is 3.30. The van der Waals surface area contributed by atoms with Crippen LogP contribution >= 0.6 is 15.9 Å². The molecule has 16 heavy (non-hydrogen) atoms. The van der Waals surface area contributed by atoms with E-state index < -0.39 is 0 Å². The molecule has 0 unspecified atom stereocenters. The molecule has 2 rings (SSSR count). The van der Waals surface area contributed by atoms with Crippen molar-refractivity contribution in [2.24, 2.45) is 0 Å². The number of hydrogen-bond acceptors (Lipinski definition) is 2. The molecule has 0 saturated heterocycles. The van der Waals surface area contributed by atoms with Crippen LogP contribution in [0.25, 0.3) is 11.3 Å². The van der Waals surface area contributed by atoms with Crippen LogP contribution in [0, 0.1) is 11.3 Å². The quantitative estimate of drug-likeness (QED) is 0.785. The molecule has 2 nitrogen and oxygen atoms in total. The molecule has 0 aliphatic heterocycles. The molecular weight excluding hydrogens is 264 g/mol. The standard InChI is InChI=1S/C13H9BrN2/c14-8-13-11(9-15)6-7-12(16-13)10-4-2-1-3-5-10/h1-7H,8H2. The summed E-state index contributed by atoms with van der Waals surface area (Å²) >= 11 is 3.34. The van der Waals surface area contributed by atoms with Crippen molar-refractivity contribution in [3.8, 4) is 17.3 Å². The zero-order chi connectivity index (χ0) is 11.4. The molecule has 0 radical (unpaired) electrons. The Hall–Kier alpha value is -1.66. The van der Waals surface area contributed by atoms with Crippen LogP contribution in [0.5, 0.6) is 0 Å². The van der Waals surface area contributed by atoms with Crippen molar-refractivity contribution in [2.75, 3.05) is 0 Å². The highest BCUT2D eigenvalue weighted by Gasteiger charge is 2.05. The molecule has 0 fully saturated rings. The van der Waals surface area contributed by atoms with Crippen LogP contribution in [0.4, 0.5) is 0 Å². The summed E-state index contributed by atoms with van der Waals surface area (Å²) in [5.74, 6) is 0. The molecule has 1 aromatic carbocycles. The van der Waals surface area contributed by atoms with E-state index in [4.69, 9.17) is 5.26 Å². The first kappa shape index (κ1) is 10.8. The summed E-state index contributed by atoms with van der Waals surface area (Å²) < 4.78 is 0. The summed E-state index contributed by atoms with van der Waals surface area (Å²) in [6.45, 7) is 0. The van der Waals surface area contributed by atoms with Crippen molar-refractivity contribution in [2.45, 2.75) is 5.33 Å². The minimum Gasteiger partial charge on any atom is -0.251 e. The van der Waals surface area contributed by atoms with E-state index in [-0.39, 0.29) is 0 Å². The maximum absolute atomic E-state index is 8.90. The molecular formula is C13H9BrN2. The van der Waals surface area contributed by atoms with Gasteiger partial charge in [-0.3, -0.25) is 4.98 Å². The highest BCUT2D eigenvalue weighted by molar-refractivity contribution is 9.08. The minimum absolute atomic E-state index is 0.594. The molecule has 78 valence electrons. The van der Waals surface area contributed by atoms with Gasteiger partial charge in [-0.15, -0.1) is 0 Å². The zero-order valence-electron chi connectivity index (χ0n) is 8.52. The fourth-order valence-electron chi connectivity index (χ4n) is 1.47. The molecule has 0 aliphatic carbocycles. The third kappa shape index (κ3) is 2.12. The molecule has 0 saturated carbocycles. The number of nitriles is 1. The Bertz CT molecular complexity index is 529. The number of alkyl halides is 1. The van der Waals surface area contributed by atoms with E-state index in [0.29, 0.717) is 10.9 Å². The molecule has 0 amide bonds. The molecule has 0 spiro atoms. The highest BCUT2D eigenvalue weighted by atomic mass is 79.9. The van der Waals surface area contributed by atoms with Gasteiger partial charge in [0.25, 0.3) is 0 Å². The smallest absolute Gasteiger partial charge is 0.101 e. The maximum atomic E-state index is 8.90. The van der Waals surface area contributed by atoms with Crippen LogP contribution in [-0.2, 0) is 5.33 Å². The van der Waals surface area contributed by atoms with Crippen LogP contribution in [0.1, 0.15) is 11.3 Å². The van der Waals surface area contributed by atoms with E-state index in [2.05, 4.69) is 27.0 Å². The molecule has 0 N–H and O–H groups in total. The van der Waals surface area contributed by atoms with Gasteiger partial charge in [0.05, 0.1) is 17.0 Å². The van der Waals surface area contributed by atoms with Gasteiger partial charge in [0.1, 0.15) is 6.07 Å². The summed E-state index contributed by atoms with van der Waals surface area (Å²) in [7, 11) is 0. The SMILES string of the molecule is N#Cc1ccc(-c2ccccc2)nc1CBr. The fourth-order valence-corrected chi connectivity index (χ4v) is 1.90. The van der Waals surface area contributed by atoms with Crippen molar-refractivity contribution in [3.63, 3.8) is 0 Å². The average molecular weight is 273 g/mol. The summed E-state index contributed by atoms with van der Waals surface area (Å²) in [5.41, 5.74) is 3.36. The van der Waals surface area contributed by atoms with E-state index in [1.54, 1.807) is 0 Å². The largest absolute Gasteiger partial charge is 0.251 e. The van der Waals surface area contributed by atoms with Gasteiger partial charge >= 0.3 is 0 Å². The third-order valence-corrected chi connectivity index (χ3v) is 2.82. The first-order chi connectivity index (χ1) is 7.85. The lowest BCUT2D eigenvalue weighted by Gasteiger charge is -2.04. The Balaban J connectivity index is 2.49. The van der Waals surface area contributed by atoms with Crippen LogP contribution < -0.4 is 0 Å². The number of benzene rings is 1. The van der Waals surface area contributed by atoms with E-state index in [1.807, 2.05) is 42.5 Å². The Kier molecular flexibility index (Phi) is 3.33. The third-order valence-electron chi connectivity index (χ3n) is 2.29. The summed E-state index contributed by atoms with van der Waals surface area (Å²) in [6.07, 6.45) is 0. The predicted octanol–water partition coefficient (Wildman–Crippen LogP) is 3.52. The first-order valence-electron chi connectivity index (χ1n) is 4.86. The van der Waals surface area contributed by atoms with E-state index in [1.165, 1.54) is 0 Å². The fraction of sp³-hybridized carbons (Fsp3) is 0.0769. The van der Waals surface area contributed by atoms with Crippen molar-refractivity contribution >= 4 is 15.9 Å². The van der Waals surface area contributed by atoms with Gasteiger partial charge in [-0.05, 0) is 12.1 Å². The lowest BCUT2D eigenvalue weighted by molar-refractivity contribution is 1.17. The zero-order valence-corrected chi connectivity index (χ0v) is 10.1. The second-order valence-corrected chi connectivity index (χ2v) is 3.86. The summed E-state index contributed by atoms with van der Waals surface area (Å²) in [5, 5.41) is 9.49. The topological polar surface area (TPSA) is 36.7 Å². The van der Waals surface area contributed by atoms with Crippen molar-refractivity contribution in [1.82, 2.24) is 4.98 Å². The molecule has 3 heteroatoms. The maximum Gasteiger partial charge on any atom is 0.101 e. The average Bonchev–Trinajstić information content (AvgIpc) is 2.39. The Morgan fingerprint density at radius 2 is 1.88 bits per heavy atom. The Morgan fingerprint density at radius 1 is 1.12 bits per heavy atom. The number of rotatable bonds is 2. The Morgan fingerprint density at radius 3 is 2.50 bits per heavy atom. The molecule has 0 bridgehead atoms. The highest BCUT2D eigenvalue weighted by Crippen LogP contribution is 2.19. The van der Waals surface area contributed by atoms with Crippen LogP contribution in [0.2, 0.25) is 0 Å². The van der Waals surface area contributed by atoms with Crippen LogP contribution in [0.15, 0.2) is 42.5 Å². The second kappa shape index (κ2) is 4.91. The van der Waals surface area contributed by atoms with Gasteiger partial charge in [0.15, 0.2) is 0 Å². The van der Waals surface area contributed by atoms with Crippen LogP contribution in [0.3, 0.4) is 0 Å². The van der Waals surface area contributed by atoms with E-state index in [9.17, 15) is 0 Å². The van der Waals surface area contributed by atoms with Gasteiger partial charge < -0.3 is 0 Å². The first-order valence-corrected chi connectivity index (χ1v) is 5.98. The predicted molar refractivity (Wildman–Crippen MR) is 67.0 cm³/mol. The van der Waals surface area contributed by atoms with Crippen molar-refractivity contribution < 1.29 is 0 Å². The van der Waals surface area contributed by atoms with Gasteiger partial charge in [0, 0.05) is 10.9 Å². The lowest BCUT2D eigenvalue weighted by Crippen LogP contribution is -1.93. The molecule has 1 aromatic heterocycles. The van der Waals surface area contributed by atoms with Gasteiger partial charge in [-0.25, -0.2) is 0 Å². The number of nitrogens with zero attached hydrogens (tertiary/aromatic N) is 2. The van der Waals surface area contributed by atoms with Crippen LogP contribution in [-0.4, -0.2) is 4.98 Å². The summed E-state index contributed by atoms with van der Waals surface area (Å²) in [4.78, 5) is 4.46. The van der Waals surface area contributed by atoms with E-state index >= 15 is 0 Å². The number of aromatic nitrogens is 1. The van der Waals surface area contributed by atoms with Crippen molar-refractivity contribution in [1.29, 1.82) is 5.26 Å². The molecule has 2 aromatic rings. The number of hydrogen-bond donors (Lipinski definition) is 0.